The molecule has 350 valence electrons. The van der Waals surface area contributed by atoms with Gasteiger partial charge in [-0.2, -0.15) is 0 Å². The lowest BCUT2D eigenvalue weighted by Gasteiger charge is -2.14. The van der Waals surface area contributed by atoms with Crippen LogP contribution in [0.25, 0.3) is 32.7 Å². The highest BCUT2D eigenvalue weighted by atomic mass is 16.6. The van der Waals surface area contributed by atoms with Crippen LogP contribution >= 0.6 is 0 Å². The number of carbonyl (C=O) groups excluding carboxylic acids is 4. The summed E-state index contributed by atoms with van der Waals surface area (Å²) >= 11 is 0. The third-order valence-electron chi connectivity index (χ3n) is 13.2. The molecular weight excluding hydrogens is 891 g/mol. The molecule has 0 amide bonds. The Kier molecular flexibility index (Phi) is 11.3. The summed E-state index contributed by atoms with van der Waals surface area (Å²) in [6.45, 7) is 2.70. The molecule has 0 aliphatic carbocycles. The van der Waals surface area contributed by atoms with Crippen LogP contribution in [0.2, 0.25) is 0 Å². The second-order valence-electron chi connectivity index (χ2n) is 17.5. The first-order chi connectivity index (χ1) is 34.1. The van der Waals surface area contributed by atoms with E-state index < -0.39 is 24.3 Å². The van der Waals surface area contributed by atoms with E-state index in [0.29, 0.717) is 64.0 Å². The molecular formula is C55H45N5O10. The van der Waals surface area contributed by atoms with Gasteiger partial charge in [0.15, 0.2) is 24.6 Å². The molecule has 9 aromatic rings. The van der Waals surface area contributed by atoms with Gasteiger partial charge in [-0.05, 0) is 98.7 Å². The molecule has 12 rings (SSSR count). The van der Waals surface area contributed by atoms with Gasteiger partial charge in [0.1, 0.15) is 17.2 Å². The highest BCUT2D eigenvalue weighted by Crippen LogP contribution is 2.45. The van der Waals surface area contributed by atoms with Gasteiger partial charge < -0.3 is 55.1 Å². The van der Waals surface area contributed by atoms with Crippen molar-refractivity contribution < 1.29 is 48.7 Å². The summed E-state index contributed by atoms with van der Waals surface area (Å²) in [5.41, 5.74) is 10.6. The molecule has 15 heteroatoms. The van der Waals surface area contributed by atoms with Gasteiger partial charge in [0.2, 0.25) is 0 Å². The Morgan fingerprint density at radius 2 is 0.829 bits per heavy atom. The molecule has 0 spiro atoms. The Balaban J connectivity index is 0.000000201. The Bertz CT molecular complexity index is 3400. The van der Waals surface area contributed by atoms with E-state index in [4.69, 9.17) is 14.2 Å². The number of nitrogens with one attached hydrogen (secondary N) is 5. The Hall–Kier alpha value is -8.66. The number of benzene rings is 6. The summed E-state index contributed by atoms with van der Waals surface area (Å²) in [5.74, 6) is -0.993. The number of cyclic esters (lactones) is 3. The number of fused-ring (bicyclic) bond motifs is 6. The van der Waals surface area contributed by atoms with Crippen molar-refractivity contribution in [1.29, 1.82) is 0 Å². The Morgan fingerprint density at radius 1 is 0.471 bits per heavy atom. The van der Waals surface area contributed by atoms with Gasteiger partial charge in [-0.3, -0.25) is 4.79 Å². The van der Waals surface area contributed by atoms with Crippen LogP contribution in [0.3, 0.4) is 0 Å². The SMILES string of the molecule is O=C1OC(c2c(CNCCCCNCc3[nH]c4ccccc4c3C3OC(=O)c4ccc(O)cc43)[nH]c3ccccc23)c2cc(O)ccc21.O=Cc1[nH]c2ccccc2c1C1OC(=O)c2ccc(O)cc21. The summed E-state index contributed by atoms with van der Waals surface area (Å²) in [6.07, 6.45) is 0.681. The molecule has 6 heterocycles. The van der Waals surface area contributed by atoms with Crippen LogP contribution in [0.15, 0.2) is 127 Å². The number of aromatic nitrogens is 3. The van der Waals surface area contributed by atoms with E-state index in [-0.39, 0.29) is 29.2 Å². The fourth-order valence-electron chi connectivity index (χ4n) is 10.0. The lowest BCUT2D eigenvalue weighted by molar-refractivity contribution is 0.0447. The first kappa shape index (κ1) is 43.9. The highest BCUT2D eigenvalue weighted by Gasteiger charge is 2.38. The summed E-state index contributed by atoms with van der Waals surface area (Å²) < 4.78 is 17.1. The maximum absolute atomic E-state index is 12.6. The number of unbranched alkanes of at least 4 members (excludes halogenated alkanes) is 1. The van der Waals surface area contributed by atoms with Crippen molar-refractivity contribution in [3.05, 3.63) is 195 Å². The van der Waals surface area contributed by atoms with E-state index in [0.717, 1.165) is 81.2 Å². The minimum Gasteiger partial charge on any atom is -0.508 e. The van der Waals surface area contributed by atoms with Crippen molar-refractivity contribution in [2.45, 2.75) is 44.2 Å². The third kappa shape index (κ3) is 7.86. The summed E-state index contributed by atoms with van der Waals surface area (Å²) in [7, 11) is 0. The van der Waals surface area contributed by atoms with E-state index in [1.54, 1.807) is 24.3 Å². The number of aromatic hydroxyl groups is 3. The van der Waals surface area contributed by atoms with E-state index in [9.17, 15) is 34.5 Å². The van der Waals surface area contributed by atoms with Crippen molar-refractivity contribution >= 4 is 56.9 Å². The number of carbonyl (C=O) groups is 4. The number of aldehydes is 1. The number of ether oxygens (including phenoxy) is 3. The smallest absolute Gasteiger partial charge is 0.339 e. The summed E-state index contributed by atoms with van der Waals surface area (Å²) in [6, 6.07) is 37.3. The molecule has 3 unspecified atom stereocenters. The number of aromatic amines is 3. The van der Waals surface area contributed by atoms with Crippen LogP contribution in [-0.2, 0) is 27.3 Å². The molecule has 0 bridgehead atoms. The number of esters is 3. The first-order valence-electron chi connectivity index (χ1n) is 22.9. The molecule has 0 fully saturated rings. The molecule has 3 aliphatic heterocycles. The molecule has 0 saturated heterocycles. The van der Waals surface area contributed by atoms with Crippen molar-refractivity contribution in [3.8, 4) is 17.2 Å². The average Bonchev–Trinajstić information content (AvgIpc) is 4.21. The van der Waals surface area contributed by atoms with E-state index >= 15 is 0 Å². The fourth-order valence-corrected chi connectivity index (χ4v) is 10.0. The topological polar surface area (TPSA) is 228 Å². The molecule has 3 atom stereocenters. The minimum absolute atomic E-state index is 0.0505. The number of para-hydroxylation sites is 3. The molecule has 0 saturated carbocycles. The highest BCUT2D eigenvalue weighted by molar-refractivity contribution is 6.00. The quantitative estimate of drug-likeness (QED) is 0.0234. The number of rotatable bonds is 13. The largest absolute Gasteiger partial charge is 0.508 e. The molecule has 0 radical (unpaired) electrons. The van der Waals surface area contributed by atoms with Crippen LogP contribution < -0.4 is 10.6 Å². The van der Waals surface area contributed by atoms with Crippen LogP contribution in [0.5, 0.6) is 17.2 Å². The maximum atomic E-state index is 12.6. The van der Waals surface area contributed by atoms with Crippen LogP contribution in [0.1, 0.15) is 117 Å². The zero-order valence-corrected chi connectivity index (χ0v) is 37.4. The molecule has 8 N–H and O–H groups in total. The number of phenolic OH excluding ortho intramolecular Hbond substituents is 3. The molecule has 3 aliphatic rings. The van der Waals surface area contributed by atoms with Gasteiger partial charge in [-0.15, -0.1) is 0 Å². The van der Waals surface area contributed by atoms with Crippen molar-refractivity contribution in [2.24, 2.45) is 0 Å². The Labute approximate surface area is 399 Å². The van der Waals surface area contributed by atoms with Crippen LogP contribution in [0.4, 0.5) is 0 Å². The molecule has 3 aromatic heterocycles. The normalized spacial score (nSPS) is 16.7. The monoisotopic (exact) mass is 935 g/mol. The number of hydrogen-bond acceptors (Lipinski definition) is 12. The zero-order chi connectivity index (χ0) is 48.0. The molecule has 15 nitrogen and oxygen atoms in total. The van der Waals surface area contributed by atoms with Crippen LogP contribution in [-0.4, -0.2) is 67.6 Å². The predicted molar refractivity (Wildman–Crippen MR) is 259 cm³/mol. The van der Waals surface area contributed by atoms with Gasteiger partial charge in [0, 0.05) is 90.6 Å². The lowest BCUT2D eigenvalue weighted by Crippen LogP contribution is -2.20. The third-order valence-corrected chi connectivity index (χ3v) is 13.2. The predicted octanol–water partition coefficient (Wildman–Crippen LogP) is 9.19. The van der Waals surface area contributed by atoms with Gasteiger partial charge in [0.25, 0.3) is 0 Å². The van der Waals surface area contributed by atoms with Crippen LogP contribution in [0, 0.1) is 0 Å². The molecule has 70 heavy (non-hydrogen) atoms. The van der Waals surface area contributed by atoms with E-state index in [1.807, 2.05) is 72.8 Å². The maximum Gasteiger partial charge on any atom is 0.339 e. The van der Waals surface area contributed by atoms with Gasteiger partial charge >= 0.3 is 17.9 Å². The minimum atomic E-state index is -0.703. The standard InChI is InChI=1S/C38H34N4O6.C17H11NO4/c43-21-11-13-23-27(17-21)35(47-37(23)45)33-25-7-1-3-9-29(25)41-31(33)19-39-15-5-6-16-40-20-32-34(26-8-2-4-10-30(26)42-32)36-28-18-22(44)12-14-24(28)38(46)48-36;19-8-14-15(11-3-1-2-4-13(11)18-14)16-12-7-9(20)5-6-10(12)17(21)22-16/h1-4,7-14,17-18,35-36,39-44H,5-6,15-16,19-20H2;1-8,16,18,20H. The van der Waals surface area contributed by atoms with E-state index in [1.165, 1.54) is 30.3 Å². The van der Waals surface area contributed by atoms with Gasteiger partial charge in [-0.1, -0.05) is 54.6 Å². The van der Waals surface area contributed by atoms with Crippen molar-refractivity contribution in [3.63, 3.8) is 0 Å². The lowest BCUT2D eigenvalue weighted by atomic mass is 9.96. The molecule has 6 aromatic carbocycles. The zero-order valence-electron chi connectivity index (χ0n) is 37.4. The summed E-state index contributed by atoms with van der Waals surface area (Å²) in [4.78, 5) is 58.7. The van der Waals surface area contributed by atoms with E-state index in [2.05, 4.69) is 25.6 Å². The van der Waals surface area contributed by atoms with Crippen molar-refractivity contribution in [1.82, 2.24) is 25.6 Å². The number of hydrogen-bond donors (Lipinski definition) is 8. The number of H-pyrrole nitrogens is 3. The van der Waals surface area contributed by atoms with Crippen molar-refractivity contribution in [2.75, 3.05) is 13.1 Å². The number of phenols is 3. The fraction of sp³-hybridized carbons (Fsp3) is 0.164. The second kappa shape index (κ2) is 18.1. The second-order valence-corrected chi connectivity index (χ2v) is 17.5. The Morgan fingerprint density at radius 3 is 1.23 bits per heavy atom. The summed E-state index contributed by atoms with van der Waals surface area (Å²) in [5, 5.41) is 39.8. The van der Waals surface area contributed by atoms with Gasteiger partial charge in [0.05, 0.1) is 22.4 Å². The van der Waals surface area contributed by atoms with Gasteiger partial charge in [-0.25, -0.2) is 14.4 Å². The average molecular weight is 936 g/mol. The first-order valence-corrected chi connectivity index (χ1v) is 22.9.